The van der Waals surface area contributed by atoms with Crippen molar-refractivity contribution < 1.29 is 14.3 Å². The Morgan fingerprint density at radius 2 is 1.94 bits per heavy atom. The zero-order valence-electron chi connectivity index (χ0n) is 8.27. The third-order valence-electron chi connectivity index (χ3n) is 2.07. The van der Waals surface area contributed by atoms with Crippen LogP contribution in [-0.4, -0.2) is 16.1 Å². The van der Waals surface area contributed by atoms with Crippen LogP contribution in [-0.2, 0) is 0 Å². The van der Waals surface area contributed by atoms with Crippen molar-refractivity contribution in [3.63, 3.8) is 0 Å². The van der Waals surface area contributed by atoms with E-state index in [0.717, 1.165) is 12.3 Å². The van der Waals surface area contributed by atoms with E-state index < -0.39 is 22.8 Å². The second-order valence-corrected chi connectivity index (χ2v) is 3.03. The number of rotatable bonds is 1. The van der Waals surface area contributed by atoms with Crippen molar-refractivity contribution in [2.45, 2.75) is 0 Å². The number of pyridine rings is 1. The standard InChI is InChI=1S/C10H6FNO3.2ClH/c11-5-1-2-8-6(3-5)9(13)7(4-12-8)10(14)15;;/h1-4H,(H,12,13)(H,14,15);2*1H. The van der Waals surface area contributed by atoms with Gasteiger partial charge in [-0.1, -0.05) is 0 Å². The van der Waals surface area contributed by atoms with Crippen LogP contribution in [0.1, 0.15) is 10.4 Å². The summed E-state index contributed by atoms with van der Waals surface area (Å²) in [6.07, 6.45) is 1.10. The zero-order valence-corrected chi connectivity index (χ0v) is 9.90. The monoisotopic (exact) mass is 279 g/mol. The van der Waals surface area contributed by atoms with Crippen molar-refractivity contribution in [2.75, 3.05) is 0 Å². The molecule has 0 aliphatic carbocycles. The number of aromatic carboxylic acids is 1. The third-order valence-corrected chi connectivity index (χ3v) is 2.07. The summed E-state index contributed by atoms with van der Waals surface area (Å²) in [5.41, 5.74) is -0.671. The summed E-state index contributed by atoms with van der Waals surface area (Å²) >= 11 is 0. The fourth-order valence-corrected chi connectivity index (χ4v) is 1.35. The Balaban J connectivity index is 0.00000128. The lowest BCUT2D eigenvalue weighted by atomic mass is 10.1. The normalized spacial score (nSPS) is 9.24. The molecule has 1 aromatic carbocycles. The quantitative estimate of drug-likeness (QED) is 0.841. The van der Waals surface area contributed by atoms with Crippen LogP contribution in [0.5, 0.6) is 0 Å². The van der Waals surface area contributed by atoms with Gasteiger partial charge in [-0.25, -0.2) is 9.18 Å². The Hall–Kier alpha value is -1.59. The summed E-state index contributed by atoms with van der Waals surface area (Å²) < 4.78 is 12.8. The Bertz CT molecular complexity index is 612. The van der Waals surface area contributed by atoms with E-state index >= 15 is 0 Å². The van der Waals surface area contributed by atoms with E-state index in [1.54, 1.807) is 0 Å². The van der Waals surface area contributed by atoms with Gasteiger partial charge in [0.2, 0.25) is 5.43 Å². The maximum Gasteiger partial charge on any atom is 0.341 e. The van der Waals surface area contributed by atoms with E-state index in [4.69, 9.17) is 5.11 Å². The zero-order chi connectivity index (χ0) is 11.0. The summed E-state index contributed by atoms with van der Waals surface area (Å²) in [5, 5.41) is 8.72. The number of carboxylic acids is 1. The number of benzene rings is 1. The molecule has 0 amide bonds. The molecule has 0 fully saturated rings. The summed E-state index contributed by atoms with van der Waals surface area (Å²) in [7, 11) is 0. The number of aromatic nitrogens is 1. The van der Waals surface area contributed by atoms with Gasteiger partial charge in [-0.05, 0) is 18.2 Å². The van der Waals surface area contributed by atoms with Gasteiger partial charge in [0.15, 0.2) is 0 Å². The van der Waals surface area contributed by atoms with Gasteiger partial charge in [-0.15, -0.1) is 24.8 Å². The number of carbonyl (C=O) groups is 1. The fourth-order valence-electron chi connectivity index (χ4n) is 1.35. The highest BCUT2D eigenvalue weighted by molar-refractivity contribution is 5.92. The maximum atomic E-state index is 12.8. The second-order valence-electron chi connectivity index (χ2n) is 3.03. The number of hydrogen-bond donors (Lipinski definition) is 2. The lowest BCUT2D eigenvalue weighted by molar-refractivity contribution is 0.0695. The molecule has 1 heterocycles. The molecule has 0 aliphatic heterocycles. The molecule has 1 aromatic heterocycles. The predicted octanol–water partition coefficient (Wildman–Crippen LogP) is 2.21. The lowest BCUT2D eigenvalue weighted by Crippen LogP contribution is -2.15. The molecular weight excluding hydrogens is 272 g/mol. The molecule has 17 heavy (non-hydrogen) atoms. The molecule has 0 spiro atoms. The molecule has 0 aliphatic rings. The average Bonchev–Trinajstić information content (AvgIpc) is 2.19. The van der Waals surface area contributed by atoms with Crippen molar-refractivity contribution in [1.82, 2.24) is 4.98 Å². The molecule has 0 bridgehead atoms. The SMILES string of the molecule is Cl.Cl.O=C(O)c1c[nH]c2ccc(F)cc2c1=O. The Kier molecular flexibility index (Phi) is 5.12. The van der Waals surface area contributed by atoms with Crippen molar-refractivity contribution >= 4 is 41.7 Å². The number of aromatic amines is 1. The number of halogens is 3. The third kappa shape index (κ3) is 2.75. The summed E-state index contributed by atoms with van der Waals surface area (Å²) in [4.78, 5) is 24.8. The molecule has 4 nitrogen and oxygen atoms in total. The van der Waals surface area contributed by atoms with Crippen LogP contribution >= 0.6 is 24.8 Å². The van der Waals surface area contributed by atoms with Crippen molar-refractivity contribution in [3.8, 4) is 0 Å². The Morgan fingerprint density at radius 3 is 2.53 bits per heavy atom. The fraction of sp³-hybridized carbons (Fsp3) is 0. The van der Waals surface area contributed by atoms with Gasteiger partial charge < -0.3 is 10.1 Å². The molecule has 7 heteroatoms. The Morgan fingerprint density at radius 1 is 1.29 bits per heavy atom. The first kappa shape index (κ1) is 15.4. The van der Waals surface area contributed by atoms with Gasteiger partial charge in [-0.3, -0.25) is 4.79 Å². The van der Waals surface area contributed by atoms with Gasteiger partial charge in [0.05, 0.1) is 0 Å². The summed E-state index contributed by atoms with van der Waals surface area (Å²) in [6.45, 7) is 0. The van der Waals surface area contributed by atoms with Crippen LogP contribution in [0.2, 0.25) is 0 Å². The number of H-pyrrole nitrogens is 1. The largest absolute Gasteiger partial charge is 0.477 e. The summed E-state index contributed by atoms with van der Waals surface area (Å²) in [6, 6.07) is 3.59. The van der Waals surface area contributed by atoms with Gasteiger partial charge in [0, 0.05) is 17.1 Å². The average molecular weight is 280 g/mol. The number of nitrogens with one attached hydrogen (secondary N) is 1. The van der Waals surface area contributed by atoms with Gasteiger partial charge >= 0.3 is 5.97 Å². The second kappa shape index (κ2) is 5.65. The van der Waals surface area contributed by atoms with E-state index in [9.17, 15) is 14.0 Å². The minimum absolute atomic E-state index is 0. The first-order valence-electron chi connectivity index (χ1n) is 4.14. The Labute approximate surface area is 107 Å². The molecule has 2 N–H and O–H groups in total. The highest BCUT2D eigenvalue weighted by Crippen LogP contribution is 2.09. The van der Waals surface area contributed by atoms with E-state index in [1.807, 2.05) is 0 Å². The van der Waals surface area contributed by atoms with Crippen LogP contribution in [0.3, 0.4) is 0 Å². The number of fused-ring (bicyclic) bond motifs is 1. The minimum atomic E-state index is -1.33. The molecule has 2 rings (SSSR count). The minimum Gasteiger partial charge on any atom is -0.477 e. The molecule has 0 radical (unpaired) electrons. The molecule has 2 aromatic rings. The van der Waals surface area contributed by atoms with Crippen molar-refractivity contribution in [1.29, 1.82) is 0 Å². The molecule has 92 valence electrons. The molecule has 0 atom stereocenters. The van der Waals surface area contributed by atoms with E-state index in [0.29, 0.717) is 5.52 Å². The first-order chi connectivity index (χ1) is 7.09. The van der Waals surface area contributed by atoms with Crippen molar-refractivity contribution in [2.24, 2.45) is 0 Å². The smallest absolute Gasteiger partial charge is 0.341 e. The van der Waals surface area contributed by atoms with Crippen LogP contribution in [0.15, 0.2) is 29.2 Å². The highest BCUT2D eigenvalue weighted by Gasteiger charge is 2.11. The first-order valence-corrected chi connectivity index (χ1v) is 4.14. The summed E-state index contributed by atoms with van der Waals surface area (Å²) in [5.74, 6) is -1.90. The lowest BCUT2D eigenvalue weighted by Gasteiger charge is -1.99. The molecule has 0 unspecified atom stereocenters. The van der Waals surface area contributed by atoms with E-state index in [-0.39, 0.29) is 30.2 Å². The van der Waals surface area contributed by atoms with Gasteiger partial charge in [-0.2, -0.15) is 0 Å². The van der Waals surface area contributed by atoms with E-state index in [1.165, 1.54) is 12.1 Å². The van der Waals surface area contributed by atoms with E-state index in [2.05, 4.69) is 4.98 Å². The van der Waals surface area contributed by atoms with Gasteiger partial charge in [0.1, 0.15) is 11.4 Å². The van der Waals surface area contributed by atoms with Crippen LogP contribution in [0.25, 0.3) is 10.9 Å². The molecule has 0 saturated carbocycles. The molecular formula is C10H8Cl2FNO3. The van der Waals surface area contributed by atoms with Crippen LogP contribution < -0.4 is 5.43 Å². The highest BCUT2D eigenvalue weighted by atomic mass is 35.5. The van der Waals surface area contributed by atoms with Crippen LogP contribution in [0.4, 0.5) is 4.39 Å². The number of carboxylic acid groups (broad SMARTS) is 1. The topological polar surface area (TPSA) is 70.2 Å². The van der Waals surface area contributed by atoms with Gasteiger partial charge in [0.25, 0.3) is 0 Å². The van der Waals surface area contributed by atoms with Crippen LogP contribution in [0, 0.1) is 5.82 Å². The predicted molar refractivity (Wildman–Crippen MR) is 66.0 cm³/mol. The molecule has 0 saturated heterocycles. The van der Waals surface area contributed by atoms with Crippen molar-refractivity contribution in [3.05, 3.63) is 46.0 Å². The maximum absolute atomic E-state index is 12.8. The number of hydrogen-bond acceptors (Lipinski definition) is 2.